The highest BCUT2D eigenvalue weighted by atomic mass is 32.2. The molecule has 2 heterocycles. The van der Waals surface area contributed by atoms with Crippen LogP contribution in [0.25, 0.3) is 0 Å². The normalized spacial score (nSPS) is 22.6. The SMILES string of the molecule is COc1ccc(C(c2ccccc2)(c2ccc(OC)cc2)C(O)[C@H]2S[C@@H](n3ccc(=O)[nH]c3=O)[C@@](O)([Si](C)(C)C(C)(C)C)[C@@H]2O)cc1. The number of rotatable bonds is 9. The topological polar surface area (TPSA) is 134 Å². The standard InChI is InChI=1S/C36H44N2O7SSi/c1-34(2,3)47(6,7)36(43)31(41)29(46-32(36)38-22-21-28(39)37-33(38)42)30(40)35(23-11-9-8-10-12-23,24-13-17-26(44-4)18-14-24)25-15-19-27(45-5)20-16-25/h8-22,29-32,40-41,43H,1-7H3,(H,37,39,42)/t29-,30?,31-,32-,36+/m1/s1. The van der Waals surface area contributed by atoms with Crippen molar-refractivity contribution < 1.29 is 24.8 Å². The van der Waals surface area contributed by atoms with Crippen LogP contribution < -0.4 is 20.7 Å². The molecular formula is C36H44N2O7SSi. The van der Waals surface area contributed by atoms with E-state index in [0.29, 0.717) is 11.5 Å². The van der Waals surface area contributed by atoms with Crippen LogP contribution in [0.3, 0.4) is 0 Å². The van der Waals surface area contributed by atoms with Crippen molar-refractivity contribution in [1.82, 2.24) is 9.55 Å². The minimum absolute atomic E-state index is 0.435. The van der Waals surface area contributed by atoms with Gasteiger partial charge in [0, 0.05) is 12.3 Å². The number of nitrogens with one attached hydrogen (secondary N) is 1. The molecule has 4 N–H and O–H groups in total. The highest BCUT2D eigenvalue weighted by Gasteiger charge is 2.69. The van der Waals surface area contributed by atoms with Gasteiger partial charge in [-0.25, -0.2) is 4.79 Å². The van der Waals surface area contributed by atoms with Crippen molar-refractivity contribution in [1.29, 1.82) is 0 Å². The van der Waals surface area contributed by atoms with Gasteiger partial charge in [-0.05, 0) is 46.0 Å². The predicted molar refractivity (Wildman–Crippen MR) is 188 cm³/mol. The lowest BCUT2D eigenvalue weighted by molar-refractivity contribution is -0.0476. The van der Waals surface area contributed by atoms with E-state index in [1.54, 1.807) is 14.2 Å². The van der Waals surface area contributed by atoms with Gasteiger partial charge in [-0.2, -0.15) is 0 Å². The van der Waals surface area contributed by atoms with Crippen LogP contribution in [0.15, 0.2) is 101 Å². The van der Waals surface area contributed by atoms with Crippen molar-refractivity contribution in [2.24, 2.45) is 0 Å². The van der Waals surface area contributed by atoms with E-state index in [9.17, 15) is 24.9 Å². The lowest BCUT2D eigenvalue weighted by Gasteiger charge is -2.51. The lowest BCUT2D eigenvalue weighted by Crippen LogP contribution is -2.69. The highest BCUT2D eigenvalue weighted by molar-refractivity contribution is 8.00. The fourth-order valence-electron chi connectivity index (χ4n) is 6.81. The molecule has 11 heteroatoms. The predicted octanol–water partition coefficient (Wildman–Crippen LogP) is 4.70. The number of aromatic nitrogens is 2. The van der Waals surface area contributed by atoms with Crippen LogP contribution >= 0.6 is 11.8 Å². The van der Waals surface area contributed by atoms with Crippen LogP contribution in [-0.4, -0.2) is 69.8 Å². The average Bonchev–Trinajstić information content (AvgIpc) is 3.33. The van der Waals surface area contributed by atoms with E-state index in [-0.39, 0.29) is 0 Å². The summed E-state index contributed by atoms with van der Waals surface area (Å²) in [5.41, 5.74) is -0.307. The summed E-state index contributed by atoms with van der Waals surface area (Å²) in [4.78, 5) is 27.7. The van der Waals surface area contributed by atoms with Gasteiger partial charge in [-0.15, -0.1) is 11.8 Å². The largest absolute Gasteiger partial charge is 0.497 e. The summed E-state index contributed by atoms with van der Waals surface area (Å²) in [7, 11) is 0.212. The molecule has 1 unspecified atom stereocenters. The summed E-state index contributed by atoms with van der Waals surface area (Å²) in [6, 6.07) is 25.7. The first-order valence-electron chi connectivity index (χ1n) is 15.5. The Morgan fingerprint density at radius 2 is 1.34 bits per heavy atom. The van der Waals surface area contributed by atoms with Crippen molar-refractivity contribution in [3.8, 4) is 11.5 Å². The summed E-state index contributed by atoms with van der Waals surface area (Å²) < 4.78 is 12.2. The second-order valence-corrected chi connectivity index (χ2v) is 20.5. The molecule has 47 heavy (non-hydrogen) atoms. The van der Waals surface area contributed by atoms with Crippen molar-refractivity contribution in [2.75, 3.05) is 14.2 Å². The van der Waals surface area contributed by atoms with Crippen LogP contribution in [-0.2, 0) is 5.41 Å². The molecule has 1 aromatic heterocycles. The monoisotopic (exact) mass is 676 g/mol. The van der Waals surface area contributed by atoms with Gasteiger partial charge in [-0.3, -0.25) is 14.3 Å². The molecule has 1 saturated heterocycles. The molecule has 0 radical (unpaired) electrons. The number of H-pyrrole nitrogens is 1. The van der Waals surface area contributed by atoms with Crippen molar-refractivity contribution in [3.63, 3.8) is 0 Å². The zero-order valence-electron chi connectivity index (χ0n) is 27.8. The fourth-order valence-corrected chi connectivity index (χ4v) is 12.5. The number of aromatic amines is 1. The molecule has 9 nitrogen and oxygen atoms in total. The van der Waals surface area contributed by atoms with Gasteiger partial charge in [0.2, 0.25) is 0 Å². The third-order valence-electron chi connectivity index (χ3n) is 10.5. The fraction of sp³-hybridized carbons (Fsp3) is 0.389. The first-order valence-corrected chi connectivity index (χ1v) is 19.5. The van der Waals surface area contributed by atoms with Crippen LogP contribution in [0.4, 0.5) is 0 Å². The number of benzene rings is 3. The molecule has 3 aromatic carbocycles. The Kier molecular flexibility index (Phi) is 9.44. The molecule has 4 aromatic rings. The van der Waals surface area contributed by atoms with E-state index in [4.69, 9.17) is 9.47 Å². The van der Waals surface area contributed by atoms with E-state index < -0.39 is 57.8 Å². The molecular weight excluding hydrogens is 633 g/mol. The molecule has 5 rings (SSSR count). The molecule has 0 saturated carbocycles. The van der Waals surface area contributed by atoms with Crippen molar-refractivity contribution in [2.45, 2.75) is 72.4 Å². The third kappa shape index (κ3) is 5.57. The number of methoxy groups -OCH3 is 2. The van der Waals surface area contributed by atoms with Gasteiger partial charge in [0.05, 0.1) is 45.2 Å². The number of nitrogens with zero attached hydrogens (tertiary/aromatic N) is 1. The van der Waals surface area contributed by atoms with Gasteiger partial charge in [-0.1, -0.05) is 88.5 Å². The lowest BCUT2D eigenvalue weighted by atomic mass is 9.64. The average molecular weight is 677 g/mol. The van der Waals surface area contributed by atoms with Crippen LogP contribution in [0.5, 0.6) is 11.5 Å². The van der Waals surface area contributed by atoms with E-state index in [2.05, 4.69) is 4.98 Å². The van der Waals surface area contributed by atoms with E-state index in [1.165, 1.54) is 16.8 Å². The Balaban J connectivity index is 1.81. The number of aliphatic hydroxyl groups is 3. The Hall–Kier alpha value is -3.61. The molecule has 1 fully saturated rings. The molecule has 1 aliphatic heterocycles. The minimum atomic E-state index is -2.96. The smallest absolute Gasteiger partial charge is 0.329 e. The Labute approximate surface area is 280 Å². The molecule has 0 spiro atoms. The van der Waals surface area contributed by atoms with Gasteiger partial charge < -0.3 is 24.8 Å². The molecule has 5 atom stereocenters. The second-order valence-electron chi connectivity index (χ2n) is 13.7. The van der Waals surface area contributed by atoms with Crippen LogP contribution in [0.2, 0.25) is 18.1 Å². The van der Waals surface area contributed by atoms with E-state index >= 15 is 0 Å². The molecule has 250 valence electrons. The van der Waals surface area contributed by atoms with Gasteiger partial charge in [0.15, 0.2) is 0 Å². The van der Waals surface area contributed by atoms with E-state index in [1.807, 2.05) is 113 Å². The van der Waals surface area contributed by atoms with Gasteiger partial charge >= 0.3 is 5.69 Å². The number of thioether (sulfide) groups is 1. The summed E-state index contributed by atoms with van der Waals surface area (Å²) in [6.07, 6.45) is -1.45. The first-order chi connectivity index (χ1) is 22.1. The maximum atomic E-state index is 13.3. The van der Waals surface area contributed by atoms with Crippen LogP contribution in [0.1, 0.15) is 42.8 Å². The number of hydrogen-bond donors (Lipinski definition) is 4. The second kappa shape index (κ2) is 12.8. The third-order valence-corrected chi connectivity index (χ3v) is 18.7. The summed E-state index contributed by atoms with van der Waals surface area (Å²) >= 11 is 1.15. The van der Waals surface area contributed by atoms with Gasteiger partial charge in [0.1, 0.15) is 22.1 Å². The zero-order valence-corrected chi connectivity index (χ0v) is 29.6. The van der Waals surface area contributed by atoms with Gasteiger partial charge in [0.25, 0.3) is 5.56 Å². The highest BCUT2D eigenvalue weighted by Crippen LogP contribution is 2.60. The quantitative estimate of drug-likeness (QED) is 0.148. The Morgan fingerprint density at radius 1 is 0.851 bits per heavy atom. The summed E-state index contributed by atoms with van der Waals surface area (Å²) in [5, 5.41) is 34.2. The summed E-state index contributed by atoms with van der Waals surface area (Å²) in [6.45, 7) is 10.1. The Morgan fingerprint density at radius 3 is 1.79 bits per heavy atom. The van der Waals surface area contributed by atoms with Crippen LogP contribution in [0, 0.1) is 0 Å². The maximum Gasteiger partial charge on any atom is 0.329 e. The van der Waals surface area contributed by atoms with Crippen molar-refractivity contribution >= 4 is 19.8 Å². The summed E-state index contributed by atoms with van der Waals surface area (Å²) in [5.74, 6) is 1.28. The van der Waals surface area contributed by atoms with E-state index in [0.717, 1.165) is 28.5 Å². The number of aliphatic hydroxyl groups excluding tert-OH is 2. The molecule has 0 bridgehead atoms. The number of hydrogen-bond acceptors (Lipinski definition) is 8. The first kappa shape index (κ1) is 34.7. The molecule has 0 amide bonds. The number of ether oxygens (including phenoxy) is 2. The minimum Gasteiger partial charge on any atom is -0.497 e. The molecule has 1 aliphatic rings. The molecule has 0 aliphatic carbocycles. The maximum absolute atomic E-state index is 13.3. The zero-order chi connectivity index (χ0) is 34.4. The van der Waals surface area contributed by atoms with Crippen molar-refractivity contribution in [3.05, 3.63) is 129 Å². The Bertz CT molecular complexity index is 1760.